The van der Waals surface area contributed by atoms with Crippen LogP contribution in [0.15, 0.2) is 83.1 Å². The number of thioether (sulfide) groups is 1. The van der Waals surface area contributed by atoms with Gasteiger partial charge < -0.3 is 10.1 Å². The number of amides is 1. The number of carbonyl (C=O) groups excluding carboxylic acids is 1. The zero-order valence-electron chi connectivity index (χ0n) is 18.7. The molecule has 2 aromatic carbocycles. The number of nitrogens with one attached hydrogen (secondary N) is 1. The SMILES string of the molecule is CCOc1ccc(-n2c(SCC(=O)Nc3cccc(S(N)(=O)=O)c3)nnc2-c2cccnc2)cc1. The Morgan fingerprint density at radius 1 is 1.11 bits per heavy atom. The van der Waals surface area contributed by atoms with E-state index in [0.717, 1.165) is 17.0 Å². The number of hydrogen-bond donors (Lipinski definition) is 2. The summed E-state index contributed by atoms with van der Waals surface area (Å²) in [6, 6.07) is 16.9. The zero-order valence-corrected chi connectivity index (χ0v) is 20.3. The molecule has 3 N–H and O–H groups in total. The third-order valence-corrected chi connectivity index (χ3v) is 6.58. The van der Waals surface area contributed by atoms with Crippen molar-refractivity contribution >= 4 is 33.4 Å². The maximum atomic E-state index is 12.6. The van der Waals surface area contributed by atoms with Crippen LogP contribution < -0.4 is 15.2 Å². The van der Waals surface area contributed by atoms with Gasteiger partial charge in [-0.1, -0.05) is 17.8 Å². The van der Waals surface area contributed by atoms with Crippen molar-refractivity contribution < 1.29 is 17.9 Å². The van der Waals surface area contributed by atoms with E-state index < -0.39 is 10.0 Å². The number of pyridine rings is 1. The lowest BCUT2D eigenvalue weighted by molar-refractivity contribution is -0.113. The summed E-state index contributed by atoms with van der Waals surface area (Å²) >= 11 is 1.19. The fourth-order valence-corrected chi connectivity index (χ4v) is 4.53. The number of nitrogens with zero attached hydrogens (tertiary/aromatic N) is 4. The highest BCUT2D eigenvalue weighted by atomic mass is 32.2. The van der Waals surface area contributed by atoms with Gasteiger partial charge in [0.25, 0.3) is 0 Å². The number of nitrogens with two attached hydrogens (primary N) is 1. The predicted octanol–water partition coefficient (Wildman–Crippen LogP) is 3.11. The quantitative estimate of drug-likeness (QED) is 0.327. The van der Waals surface area contributed by atoms with Gasteiger partial charge in [-0.15, -0.1) is 10.2 Å². The van der Waals surface area contributed by atoms with Crippen molar-refractivity contribution in [1.82, 2.24) is 19.7 Å². The molecule has 35 heavy (non-hydrogen) atoms. The molecule has 180 valence electrons. The summed E-state index contributed by atoms with van der Waals surface area (Å²) in [5.74, 6) is 0.987. The van der Waals surface area contributed by atoms with E-state index in [2.05, 4.69) is 20.5 Å². The van der Waals surface area contributed by atoms with E-state index in [1.165, 1.54) is 30.0 Å². The average molecular weight is 511 g/mol. The molecular formula is C23H22N6O4S2. The average Bonchev–Trinajstić information content (AvgIpc) is 3.28. The van der Waals surface area contributed by atoms with Gasteiger partial charge in [0.2, 0.25) is 15.9 Å². The van der Waals surface area contributed by atoms with Crippen molar-refractivity contribution in [1.29, 1.82) is 0 Å². The largest absolute Gasteiger partial charge is 0.494 e. The van der Waals surface area contributed by atoms with Crippen molar-refractivity contribution in [3.8, 4) is 22.8 Å². The predicted molar refractivity (Wildman–Crippen MR) is 133 cm³/mol. The molecule has 0 aliphatic carbocycles. The number of aromatic nitrogens is 4. The lowest BCUT2D eigenvalue weighted by Crippen LogP contribution is -2.16. The van der Waals surface area contributed by atoms with E-state index >= 15 is 0 Å². The Bertz CT molecular complexity index is 1420. The standard InChI is InChI=1S/C23H22N6O4S2/c1-2-33-19-10-8-18(9-11-19)29-22(16-5-4-12-25-14-16)27-28-23(29)34-15-21(30)26-17-6-3-7-20(13-17)35(24,31)32/h3-14H,2,15H2,1H3,(H,26,30)(H2,24,31,32). The van der Waals surface area contributed by atoms with E-state index in [9.17, 15) is 13.2 Å². The van der Waals surface area contributed by atoms with Crippen LogP contribution in [0.3, 0.4) is 0 Å². The van der Waals surface area contributed by atoms with Gasteiger partial charge in [-0.05, 0) is 61.5 Å². The molecule has 4 rings (SSSR count). The summed E-state index contributed by atoms with van der Waals surface area (Å²) in [5.41, 5.74) is 1.89. The van der Waals surface area contributed by atoms with Crippen LogP contribution in [-0.2, 0) is 14.8 Å². The van der Waals surface area contributed by atoms with Crippen LogP contribution in [0.25, 0.3) is 17.1 Å². The minimum atomic E-state index is -3.88. The fourth-order valence-electron chi connectivity index (χ4n) is 3.21. The van der Waals surface area contributed by atoms with E-state index in [-0.39, 0.29) is 16.6 Å². The number of sulfonamides is 1. The highest BCUT2D eigenvalue weighted by molar-refractivity contribution is 7.99. The normalized spacial score (nSPS) is 11.3. The Hall–Kier alpha value is -3.74. The highest BCUT2D eigenvalue weighted by Crippen LogP contribution is 2.28. The molecule has 0 bridgehead atoms. The smallest absolute Gasteiger partial charge is 0.238 e. The number of anilines is 1. The summed E-state index contributed by atoms with van der Waals surface area (Å²) in [6.45, 7) is 2.47. The first-order valence-electron chi connectivity index (χ1n) is 10.5. The van der Waals surface area contributed by atoms with E-state index in [1.54, 1.807) is 18.5 Å². The zero-order chi connectivity index (χ0) is 24.8. The monoisotopic (exact) mass is 510 g/mol. The van der Waals surface area contributed by atoms with Crippen LogP contribution in [0.1, 0.15) is 6.92 Å². The molecule has 0 aliphatic heterocycles. The maximum Gasteiger partial charge on any atom is 0.238 e. The topological polar surface area (TPSA) is 142 Å². The second-order valence-corrected chi connectivity index (χ2v) is 9.72. The number of carbonyl (C=O) groups is 1. The molecule has 12 heteroatoms. The van der Waals surface area contributed by atoms with Crippen molar-refractivity contribution in [3.05, 3.63) is 73.1 Å². The van der Waals surface area contributed by atoms with E-state index in [0.29, 0.717) is 23.3 Å². The van der Waals surface area contributed by atoms with Crippen LogP contribution in [-0.4, -0.2) is 46.4 Å². The highest BCUT2D eigenvalue weighted by Gasteiger charge is 2.18. The molecule has 0 radical (unpaired) electrons. The summed E-state index contributed by atoms with van der Waals surface area (Å²) in [7, 11) is -3.88. The van der Waals surface area contributed by atoms with Crippen LogP contribution in [0.5, 0.6) is 5.75 Å². The number of rotatable bonds is 9. The summed E-state index contributed by atoms with van der Waals surface area (Å²) in [4.78, 5) is 16.7. The second-order valence-electron chi connectivity index (χ2n) is 7.22. The third-order valence-electron chi connectivity index (χ3n) is 4.74. The van der Waals surface area contributed by atoms with Gasteiger partial charge in [0.1, 0.15) is 5.75 Å². The molecule has 0 aliphatic rings. The minimum Gasteiger partial charge on any atom is -0.494 e. The molecule has 2 heterocycles. The lowest BCUT2D eigenvalue weighted by Gasteiger charge is -2.11. The number of ether oxygens (including phenoxy) is 1. The number of hydrogen-bond acceptors (Lipinski definition) is 8. The van der Waals surface area contributed by atoms with Crippen molar-refractivity contribution in [3.63, 3.8) is 0 Å². The van der Waals surface area contributed by atoms with Crippen LogP contribution in [0.2, 0.25) is 0 Å². The van der Waals surface area contributed by atoms with Crippen LogP contribution >= 0.6 is 11.8 Å². The fraction of sp³-hybridized carbons (Fsp3) is 0.130. The molecule has 1 amide bonds. The van der Waals surface area contributed by atoms with Gasteiger partial charge in [-0.3, -0.25) is 14.3 Å². The molecule has 0 unspecified atom stereocenters. The molecule has 0 saturated heterocycles. The van der Waals surface area contributed by atoms with Gasteiger partial charge in [0, 0.05) is 29.3 Å². The maximum absolute atomic E-state index is 12.6. The molecule has 10 nitrogen and oxygen atoms in total. The first-order chi connectivity index (χ1) is 16.8. The number of primary sulfonamides is 1. The Morgan fingerprint density at radius 2 is 1.91 bits per heavy atom. The molecule has 4 aromatic rings. The van der Waals surface area contributed by atoms with Gasteiger partial charge in [0.15, 0.2) is 11.0 Å². The third kappa shape index (κ3) is 6.04. The molecular weight excluding hydrogens is 488 g/mol. The van der Waals surface area contributed by atoms with Crippen molar-refractivity contribution in [2.75, 3.05) is 17.7 Å². The molecule has 0 fully saturated rings. The molecule has 0 atom stereocenters. The van der Waals surface area contributed by atoms with Crippen LogP contribution in [0.4, 0.5) is 5.69 Å². The number of benzene rings is 2. The van der Waals surface area contributed by atoms with E-state index in [1.807, 2.05) is 47.9 Å². The van der Waals surface area contributed by atoms with Crippen molar-refractivity contribution in [2.45, 2.75) is 17.0 Å². The van der Waals surface area contributed by atoms with Crippen LogP contribution in [0, 0.1) is 0 Å². The molecule has 2 aromatic heterocycles. The van der Waals surface area contributed by atoms with Gasteiger partial charge in [0.05, 0.1) is 17.3 Å². The van der Waals surface area contributed by atoms with Gasteiger partial charge in [-0.25, -0.2) is 13.6 Å². The first-order valence-corrected chi connectivity index (χ1v) is 13.0. The Morgan fingerprint density at radius 3 is 2.60 bits per heavy atom. The molecule has 0 saturated carbocycles. The van der Waals surface area contributed by atoms with Crippen molar-refractivity contribution in [2.24, 2.45) is 5.14 Å². The Kier molecular flexibility index (Phi) is 7.44. The van der Waals surface area contributed by atoms with Gasteiger partial charge in [-0.2, -0.15) is 0 Å². The first kappa shape index (κ1) is 24.4. The summed E-state index contributed by atoms with van der Waals surface area (Å²) in [6.07, 6.45) is 3.36. The molecule has 0 spiro atoms. The lowest BCUT2D eigenvalue weighted by atomic mass is 10.2. The Labute approximate surface area is 206 Å². The second kappa shape index (κ2) is 10.7. The summed E-state index contributed by atoms with van der Waals surface area (Å²) < 4.78 is 30.5. The minimum absolute atomic E-state index is 0.0157. The van der Waals surface area contributed by atoms with E-state index in [4.69, 9.17) is 9.88 Å². The van der Waals surface area contributed by atoms with Gasteiger partial charge >= 0.3 is 0 Å². The Balaban J connectivity index is 1.57. The summed E-state index contributed by atoms with van der Waals surface area (Å²) in [5, 5.41) is 17.0.